The zero-order chi connectivity index (χ0) is 51.6. The summed E-state index contributed by atoms with van der Waals surface area (Å²) in [6, 6.07) is 42.0. The Kier molecular flexibility index (Phi) is 20.7. The Balaban J connectivity index is 0.00000765. The number of unbranched alkanes of at least 4 members (excludes halogenated alkanes) is 11. The van der Waals surface area contributed by atoms with Gasteiger partial charge in [0.1, 0.15) is 23.0 Å². The van der Waals surface area contributed by atoms with Gasteiger partial charge in [-0.3, -0.25) is 0 Å². The van der Waals surface area contributed by atoms with Crippen molar-refractivity contribution in [1.82, 2.24) is 19.9 Å². The van der Waals surface area contributed by atoms with E-state index in [-0.39, 0.29) is 16.8 Å². The summed E-state index contributed by atoms with van der Waals surface area (Å²) in [7, 11) is 0. The smallest absolute Gasteiger partial charge is 0.657 e. The molecular weight excluding hydrogens is 984 g/mol. The summed E-state index contributed by atoms with van der Waals surface area (Å²) >= 11 is 0. The predicted molar refractivity (Wildman–Crippen MR) is 312 cm³/mol. The van der Waals surface area contributed by atoms with Gasteiger partial charge in [-0.15, -0.1) is 22.1 Å². The molecule has 2 aliphatic rings. The van der Waals surface area contributed by atoms with Crippen LogP contribution in [-0.4, -0.2) is 36.4 Å². The van der Waals surface area contributed by atoms with Gasteiger partial charge in [-0.1, -0.05) is 171 Å². The molecule has 0 spiro atoms. The molecule has 1 radical (unpaired) electrons. The van der Waals surface area contributed by atoms with Crippen molar-refractivity contribution < 1.29 is 35.7 Å². The van der Waals surface area contributed by atoms with E-state index in [0.29, 0.717) is 26.4 Å². The maximum atomic E-state index is 6.23. The zero-order valence-corrected chi connectivity index (χ0v) is 46.1. The predicted octanol–water partition coefficient (Wildman–Crippen LogP) is 18.0. The second-order valence-corrected chi connectivity index (χ2v) is 19.7. The van der Waals surface area contributed by atoms with Crippen molar-refractivity contribution in [3.63, 3.8) is 0 Å². The van der Waals surface area contributed by atoms with E-state index in [0.717, 1.165) is 151 Å². The monoisotopic (exact) mass is 1060 g/mol. The van der Waals surface area contributed by atoms with Gasteiger partial charge in [-0.2, -0.15) is 0 Å². The molecule has 4 aromatic carbocycles. The van der Waals surface area contributed by atoms with Crippen LogP contribution in [0.2, 0.25) is 0 Å². The number of aromatic nitrogens is 4. The largest absolute Gasteiger partial charge is 2.00 e. The molecular formula is C67H74CoN4O4. The van der Waals surface area contributed by atoms with E-state index in [1.165, 1.54) is 57.8 Å². The van der Waals surface area contributed by atoms with Gasteiger partial charge in [0.2, 0.25) is 0 Å². The topological polar surface area (TPSA) is 90.9 Å². The van der Waals surface area contributed by atoms with Crippen LogP contribution in [0.3, 0.4) is 0 Å². The second-order valence-electron chi connectivity index (χ2n) is 19.7. The Labute approximate surface area is 461 Å². The van der Waals surface area contributed by atoms with Crippen molar-refractivity contribution in [3.05, 3.63) is 144 Å². The number of ether oxygens (including phenoxy) is 4. The summed E-state index contributed by atoms with van der Waals surface area (Å²) < 4.78 is 24.9. The molecule has 0 atom stereocenters. The van der Waals surface area contributed by atoms with E-state index in [2.05, 4.69) is 173 Å². The van der Waals surface area contributed by atoms with E-state index >= 15 is 0 Å². The first-order chi connectivity index (χ1) is 37.0. The van der Waals surface area contributed by atoms with Crippen LogP contribution in [0.4, 0.5) is 0 Å². The molecule has 2 aliphatic heterocycles. The number of nitrogens with zero attached hydrogens (tertiary/aromatic N) is 4. The van der Waals surface area contributed by atoms with Gasteiger partial charge < -0.3 is 28.9 Å². The molecule has 8 bridgehead atoms. The number of benzene rings is 4. The summed E-state index contributed by atoms with van der Waals surface area (Å²) in [5, 5.41) is 0. The fourth-order valence-corrected chi connectivity index (χ4v) is 9.84. The third kappa shape index (κ3) is 14.2. The maximum absolute atomic E-state index is 6.23. The van der Waals surface area contributed by atoms with Crippen molar-refractivity contribution in [2.75, 3.05) is 26.4 Å². The van der Waals surface area contributed by atoms with Crippen LogP contribution in [-0.2, 0) is 16.8 Å². The normalized spacial score (nSPS) is 11.7. The summed E-state index contributed by atoms with van der Waals surface area (Å²) in [4.78, 5) is 22.1. The summed E-state index contributed by atoms with van der Waals surface area (Å²) in [5.74, 6) is 3.40. The van der Waals surface area contributed by atoms with Crippen LogP contribution >= 0.6 is 0 Å². The summed E-state index contributed by atoms with van der Waals surface area (Å²) in [6.07, 6.45) is 25.6. The molecule has 76 heavy (non-hydrogen) atoms. The Morgan fingerprint density at radius 1 is 0.289 bits per heavy atom. The van der Waals surface area contributed by atoms with E-state index in [1.807, 2.05) is 0 Å². The molecule has 395 valence electrons. The van der Waals surface area contributed by atoms with Crippen LogP contribution < -0.4 is 28.9 Å². The van der Waals surface area contributed by atoms with Gasteiger partial charge in [-0.25, -0.2) is 9.97 Å². The molecule has 0 fully saturated rings. The Hall–Kier alpha value is -6.81. The average Bonchev–Trinajstić information content (AvgIpc) is 4.33. The van der Waals surface area contributed by atoms with E-state index in [4.69, 9.17) is 38.9 Å². The molecule has 7 aromatic rings. The quantitative estimate of drug-likeness (QED) is 0.0471. The van der Waals surface area contributed by atoms with E-state index in [1.54, 1.807) is 0 Å². The number of hydrogen-bond acceptors (Lipinski definition) is 6. The van der Waals surface area contributed by atoms with Crippen molar-refractivity contribution in [1.29, 1.82) is 0 Å². The fourth-order valence-electron chi connectivity index (χ4n) is 9.84. The first-order valence-corrected chi connectivity index (χ1v) is 28.0. The Morgan fingerprint density at radius 2 is 0.513 bits per heavy atom. The van der Waals surface area contributed by atoms with Crippen molar-refractivity contribution >= 4 is 46.4 Å². The van der Waals surface area contributed by atoms with Crippen molar-refractivity contribution in [2.24, 2.45) is 0 Å². The van der Waals surface area contributed by atoms with Crippen molar-refractivity contribution in [3.8, 4) is 67.5 Å². The number of fused-ring (bicyclic) bond motifs is 8. The first kappa shape index (κ1) is 55.4. The molecule has 0 N–H and O–H groups in total. The number of hydrogen-bond donors (Lipinski definition) is 0. The molecule has 0 unspecified atom stereocenters. The molecule has 0 amide bonds. The van der Waals surface area contributed by atoms with Gasteiger partial charge in [0, 0.05) is 0 Å². The molecule has 0 aliphatic carbocycles. The van der Waals surface area contributed by atoms with Gasteiger partial charge in [-0.05, 0) is 143 Å². The fraction of sp³-hybridized carbons (Fsp3) is 0.343. The van der Waals surface area contributed by atoms with Crippen LogP contribution in [0.1, 0.15) is 147 Å². The van der Waals surface area contributed by atoms with Crippen molar-refractivity contribution in [2.45, 2.75) is 124 Å². The standard InChI is InChI=1S/C67H74N4O4.Co/c1-5-9-13-17-45-73-53-30-22-49(23-31-53)65-58-38-36-56(68-58)64(48-20-28-52(29-21-48)72-44-16-12-8-4)57-37-39-59(69-57)66(50-24-32-54(33-25-50)74-46-18-14-10-6-2)61-41-43-63(71-61)67(62-42-40-60(65)70-62)51-26-34-55(35-27-51)75-47-19-15-11-7-3;/h20-43H,5-19,44-47H2,1-4H3;/q-2;+2. The summed E-state index contributed by atoms with van der Waals surface area (Å²) in [5.41, 5.74) is 14.1. The molecule has 8 nitrogen and oxygen atoms in total. The molecule has 5 heterocycles. The third-order valence-corrected chi connectivity index (χ3v) is 14.0. The van der Waals surface area contributed by atoms with Crippen LogP contribution in [0, 0.1) is 0 Å². The van der Waals surface area contributed by atoms with Gasteiger partial charge >= 0.3 is 16.8 Å². The SMILES string of the molecule is CCCCCCOc1ccc(-c2c3nc(c(-c4ccc(OCCCCCC)cc4)c4ccc([n-]4)c(-c4ccc(OCCCCCC)cc4)c4nc(c(-c5ccc(OCCCCC)cc5)c5ccc2[n-]5)C=C4)C=C3)cc1.[Co+2]. The third-order valence-electron chi connectivity index (χ3n) is 14.0. The minimum Gasteiger partial charge on any atom is -0.657 e. The van der Waals surface area contributed by atoms with Crippen LogP contribution in [0.25, 0.3) is 90.9 Å². The number of rotatable bonds is 27. The summed E-state index contributed by atoms with van der Waals surface area (Å²) in [6.45, 7) is 11.7. The van der Waals surface area contributed by atoms with E-state index < -0.39 is 0 Å². The van der Waals surface area contributed by atoms with E-state index in [9.17, 15) is 0 Å². The Morgan fingerprint density at radius 3 is 0.750 bits per heavy atom. The molecule has 0 saturated carbocycles. The van der Waals surface area contributed by atoms with Crippen LogP contribution in [0.5, 0.6) is 23.0 Å². The molecule has 0 saturated heterocycles. The van der Waals surface area contributed by atoms with Gasteiger partial charge in [0.25, 0.3) is 0 Å². The minimum atomic E-state index is 0. The van der Waals surface area contributed by atoms with Gasteiger partial charge in [0.05, 0.1) is 49.2 Å². The molecule has 3 aromatic heterocycles. The van der Waals surface area contributed by atoms with Crippen LogP contribution in [0.15, 0.2) is 121 Å². The minimum absolute atomic E-state index is 0. The first-order valence-electron chi connectivity index (χ1n) is 28.0. The van der Waals surface area contributed by atoms with Gasteiger partial charge in [0.15, 0.2) is 0 Å². The Bertz CT molecular complexity index is 3120. The average molecular weight is 1060 g/mol. The zero-order valence-electron chi connectivity index (χ0n) is 45.0. The molecule has 9 rings (SSSR count). The second kappa shape index (κ2) is 28.4. The molecule has 9 heteroatoms. The maximum Gasteiger partial charge on any atom is 2.00 e.